The zero-order valence-electron chi connectivity index (χ0n) is 17.7. The van der Waals surface area contributed by atoms with Crippen LogP contribution in [0, 0.1) is 25.7 Å². The predicted octanol–water partition coefficient (Wildman–Crippen LogP) is 5.55. The molecular formula is C28H25NO2. The van der Waals surface area contributed by atoms with E-state index in [1.165, 1.54) is 4.90 Å². The summed E-state index contributed by atoms with van der Waals surface area (Å²) in [6.45, 7) is 3.95. The normalized spacial score (nSPS) is 25.0. The Labute approximate surface area is 183 Å². The number of aryl methyl sites for hydroxylation is 2. The van der Waals surface area contributed by atoms with Crippen LogP contribution in [0.25, 0.3) is 0 Å². The van der Waals surface area contributed by atoms with Crippen molar-refractivity contribution in [1.82, 2.24) is 0 Å². The number of rotatable bonds is 3. The van der Waals surface area contributed by atoms with Gasteiger partial charge in [-0.25, -0.2) is 4.90 Å². The summed E-state index contributed by atoms with van der Waals surface area (Å²) in [6, 6.07) is 26.1. The van der Waals surface area contributed by atoms with Crippen molar-refractivity contribution in [2.45, 2.75) is 25.7 Å². The van der Waals surface area contributed by atoms with Gasteiger partial charge >= 0.3 is 0 Å². The molecule has 0 spiro atoms. The largest absolute Gasteiger partial charge is 0.274 e. The van der Waals surface area contributed by atoms with Crippen LogP contribution in [0.15, 0.2) is 91.0 Å². The van der Waals surface area contributed by atoms with E-state index < -0.39 is 11.8 Å². The van der Waals surface area contributed by atoms with Crippen molar-refractivity contribution in [3.8, 4) is 0 Å². The van der Waals surface area contributed by atoms with Gasteiger partial charge < -0.3 is 0 Å². The number of anilines is 1. The third-order valence-electron chi connectivity index (χ3n) is 6.67. The van der Waals surface area contributed by atoms with Crippen molar-refractivity contribution in [3.63, 3.8) is 0 Å². The van der Waals surface area contributed by atoms with E-state index in [2.05, 4.69) is 12.2 Å². The number of allylic oxidation sites excluding steroid dienone is 2. The number of fused-ring (bicyclic) bond motifs is 1. The van der Waals surface area contributed by atoms with Crippen molar-refractivity contribution in [2.24, 2.45) is 11.8 Å². The van der Waals surface area contributed by atoms with Crippen LogP contribution in [-0.2, 0) is 9.59 Å². The maximum Gasteiger partial charge on any atom is 0.238 e. The zero-order valence-corrected chi connectivity index (χ0v) is 17.7. The number of carbonyl (C=O) groups excluding carboxylic acids is 2. The van der Waals surface area contributed by atoms with E-state index in [0.717, 1.165) is 22.3 Å². The van der Waals surface area contributed by atoms with Gasteiger partial charge in [0.05, 0.1) is 17.5 Å². The minimum Gasteiger partial charge on any atom is -0.274 e. The van der Waals surface area contributed by atoms with Crippen LogP contribution in [0.4, 0.5) is 5.69 Å². The molecule has 1 heterocycles. The molecule has 0 unspecified atom stereocenters. The Morgan fingerprint density at radius 3 is 1.61 bits per heavy atom. The van der Waals surface area contributed by atoms with Gasteiger partial charge in [0.25, 0.3) is 0 Å². The first-order chi connectivity index (χ1) is 15.1. The van der Waals surface area contributed by atoms with E-state index >= 15 is 0 Å². The van der Waals surface area contributed by atoms with Crippen molar-refractivity contribution < 1.29 is 9.59 Å². The summed E-state index contributed by atoms with van der Waals surface area (Å²) >= 11 is 0. The average molecular weight is 408 g/mol. The van der Waals surface area contributed by atoms with E-state index in [9.17, 15) is 9.59 Å². The summed E-state index contributed by atoms with van der Waals surface area (Å²) in [5, 5.41) is 0. The highest BCUT2D eigenvalue weighted by Gasteiger charge is 2.55. The van der Waals surface area contributed by atoms with Crippen molar-refractivity contribution in [1.29, 1.82) is 0 Å². The summed E-state index contributed by atoms with van der Waals surface area (Å²) < 4.78 is 0. The molecular weight excluding hydrogens is 382 g/mol. The lowest BCUT2D eigenvalue weighted by Gasteiger charge is -2.32. The van der Waals surface area contributed by atoms with Gasteiger partial charge in [-0.1, -0.05) is 84.9 Å². The van der Waals surface area contributed by atoms with Crippen LogP contribution in [-0.4, -0.2) is 11.8 Å². The molecule has 0 aromatic heterocycles. The topological polar surface area (TPSA) is 37.4 Å². The van der Waals surface area contributed by atoms with Crippen LogP contribution in [0.5, 0.6) is 0 Å². The second-order valence-corrected chi connectivity index (χ2v) is 8.61. The summed E-state index contributed by atoms with van der Waals surface area (Å²) in [5.74, 6) is -1.24. The fraction of sp³-hybridized carbons (Fsp3) is 0.214. The Hall–Kier alpha value is -3.46. The molecule has 31 heavy (non-hydrogen) atoms. The molecule has 5 rings (SSSR count). The van der Waals surface area contributed by atoms with Crippen molar-refractivity contribution >= 4 is 17.5 Å². The van der Waals surface area contributed by atoms with Gasteiger partial charge in [0.1, 0.15) is 0 Å². The van der Waals surface area contributed by atoms with E-state index in [4.69, 9.17) is 0 Å². The Morgan fingerprint density at radius 2 is 1.13 bits per heavy atom. The molecule has 3 aromatic carbocycles. The summed E-state index contributed by atoms with van der Waals surface area (Å²) in [4.78, 5) is 29.1. The van der Waals surface area contributed by atoms with E-state index in [-0.39, 0.29) is 23.7 Å². The van der Waals surface area contributed by atoms with E-state index in [0.29, 0.717) is 5.69 Å². The van der Waals surface area contributed by atoms with Gasteiger partial charge in [0.15, 0.2) is 0 Å². The lowest BCUT2D eigenvalue weighted by molar-refractivity contribution is -0.122. The Bertz CT molecular complexity index is 1100. The van der Waals surface area contributed by atoms with Gasteiger partial charge in [0.2, 0.25) is 11.8 Å². The number of amides is 2. The smallest absolute Gasteiger partial charge is 0.238 e. The maximum absolute atomic E-state index is 13.8. The Balaban J connectivity index is 1.65. The molecule has 1 saturated heterocycles. The third kappa shape index (κ3) is 3.21. The molecule has 2 aliphatic rings. The first-order valence-corrected chi connectivity index (χ1v) is 10.8. The van der Waals surface area contributed by atoms with Gasteiger partial charge in [-0.05, 0) is 42.2 Å². The highest BCUT2D eigenvalue weighted by Crippen LogP contribution is 2.50. The second kappa shape index (κ2) is 7.66. The number of imide groups is 1. The van der Waals surface area contributed by atoms with Gasteiger partial charge in [-0.3, -0.25) is 9.59 Å². The maximum atomic E-state index is 13.8. The molecule has 3 heteroatoms. The molecule has 1 aliphatic heterocycles. The quantitative estimate of drug-likeness (QED) is 0.422. The molecule has 3 nitrogen and oxygen atoms in total. The summed E-state index contributed by atoms with van der Waals surface area (Å²) in [5.41, 5.74) is 4.83. The number of benzene rings is 3. The number of hydrogen-bond acceptors (Lipinski definition) is 2. The molecule has 1 fully saturated rings. The minimum absolute atomic E-state index is 0.0946. The fourth-order valence-electron chi connectivity index (χ4n) is 5.13. The molecule has 3 aromatic rings. The Kier molecular flexibility index (Phi) is 4.82. The van der Waals surface area contributed by atoms with Crippen LogP contribution >= 0.6 is 0 Å². The standard InChI is InChI=1S/C28H25NO2/c1-18-13-14-19(2)24(17-18)29-27(30)25-22(20-9-5-3-6-10-20)15-16-23(26(25)28(29)31)21-11-7-4-8-12-21/h3-17,22-23,25-26H,1-2H3/t22-,23-,25+,26+/m0/s1. The number of nitrogens with zero attached hydrogens (tertiary/aromatic N) is 1. The lowest BCUT2D eigenvalue weighted by Crippen LogP contribution is -2.32. The number of carbonyl (C=O) groups is 2. The second-order valence-electron chi connectivity index (χ2n) is 8.61. The highest BCUT2D eigenvalue weighted by molar-refractivity contribution is 6.23. The molecule has 1 aliphatic carbocycles. The van der Waals surface area contributed by atoms with Crippen molar-refractivity contribution in [3.05, 3.63) is 113 Å². The monoisotopic (exact) mass is 407 g/mol. The molecule has 0 N–H and O–H groups in total. The first kappa shape index (κ1) is 19.5. The fourth-order valence-corrected chi connectivity index (χ4v) is 5.13. The highest BCUT2D eigenvalue weighted by atomic mass is 16.2. The molecule has 0 radical (unpaired) electrons. The molecule has 154 valence electrons. The molecule has 2 amide bonds. The summed E-state index contributed by atoms with van der Waals surface area (Å²) in [7, 11) is 0. The van der Waals surface area contributed by atoms with Gasteiger partial charge in [0, 0.05) is 11.8 Å². The summed E-state index contributed by atoms with van der Waals surface area (Å²) in [6.07, 6.45) is 4.26. The minimum atomic E-state index is -0.412. The SMILES string of the molecule is Cc1ccc(C)c(N2C(=O)[C@H]3[C@H](C2=O)[C@H](c2ccccc2)C=C[C@H]3c2ccccc2)c1. The number of hydrogen-bond donors (Lipinski definition) is 0. The van der Waals surface area contributed by atoms with Crippen LogP contribution < -0.4 is 4.90 Å². The van der Waals surface area contributed by atoms with Crippen LogP contribution in [0.2, 0.25) is 0 Å². The van der Waals surface area contributed by atoms with Gasteiger partial charge in [-0.15, -0.1) is 0 Å². The molecule has 0 bridgehead atoms. The third-order valence-corrected chi connectivity index (χ3v) is 6.67. The predicted molar refractivity (Wildman–Crippen MR) is 123 cm³/mol. The van der Waals surface area contributed by atoms with E-state index in [1.54, 1.807) is 0 Å². The molecule has 4 atom stereocenters. The Morgan fingerprint density at radius 1 is 0.645 bits per heavy atom. The van der Waals surface area contributed by atoms with E-state index in [1.807, 2.05) is 92.7 Å². The lowest BCUT2D eigenvalue weighted by atomic mass is 9.68. The van der Waals surface area contributed by atoms with Crippen LogP contribution in [0.3, 0.4) is 0 Å². The molecule has 0 saturated carbocycles. The van der Waals surface area contributed by atoms with Crippen molar-refractivity contribution in [2.75, 3.05) is 4.90 Å². The first-order valence-electron chi connectivity index (χ1n) is 10.8. The zero-order chi connectivity index (χ0) is 21.5. The van der Waals surface area contributed by atoms with Gasteiger partial charge in [-0.2, -0.15) is 0 Å². The van der Waals surface area contributed by atoms with Crippen LogP contribution in [0.1, 0.15) is 34.1 Å². The average Bonchev–Trinajstić information content (AvgIpc) is 3.07.